The highest BCUT2D eigenvalue weighted by atomic mass is 35.5. The maximum absolute atomic E-state index is 12.6. The molecule has 3 rings (SSSR count). The number of halogens is 2. The van der Waals surface area contributed by atoms with E-state index in [0.717, 1.165) is 17.1 Å². The average molecular weight is 478 g/mol. The Balaban J connectivity index is 1.76. The summed E-state index contributed by atoms with van der Waals surface area (Å²) in [5.41, 5.74) is 1.85. The zero-order valence-corrected chi connectivity index (χ0v) is 20.2. The zero-order chi connectivity index (χ0) is 22.5. The third-order valence-corrected chi connectivity index (χ3v) is 6.37. The van der Waals surface area contributed by atoms with Crippen molar-refractivity contribution < 1.29 is 4.79 Å². The lowest BCUT2D eigenvalue weighted by Gasteiger charge is -2.20. The third-order valence-electron chi connectivity index (χ3n) is 4.95. The molecule has 0 radical (unpaired) electrons. The van der Waals surface area contributed by atoms with Gasteiger partial charge in [0.2, 0.25) is 5.91 Å². The molecule has 1 amide bonds. The van der Waals surface area contributed by atoms with Gasteiger partial charge in [0.25, 0.3) is 0 Å². The van der Waals surface area contributed by atoms with Gasteiger partial charge in [-0.25, -0.2) is 0 Å². The highest BCUT2D eigenvalue weighted by Crippen LogP contribution is 2.27. The molecule has 2 aromatic carbocycles. The van der Waals surface area contributed by atoms with Gasteiger partial charge < -0.3 is 5.32 Å². The summed E-state index contributed by atoms with van der Waals surface area (Å²) in [6, 6.07) is 14.9. The first-order chi connectivity index (χ1) is 14.8. The topological polar surface area (TPSA) is 63.1 Å². The van der Waals surface area contributed by atoms with Gasteiger partial charge in [0.15, 0.2) is 11.0 Å². The van der Waals surface area contributed by atoms with Gasteiger partial charge in [0, 0.05) is 15.7 Å². The molecule has 1 aromatic heterocycles. The van der Waals surface area contributed by atoms with Crippen molar-refractivity contribution in [3.8, 4) is 5.69 Å². The smallest absolute Gasteiger partial charge is 0.230 e. The molecule has 0 saturated heterocycles. The third kappa shape index (κ3) is 6.01. The van der Waals surface area contributed by atoms with Crippen molar-refractivity contribution in [1.82, 2.24) is 25.0 Å². The lowest BCUT2D eigenvalue weighted by Crippen LogP contribution is -2.28. The minimum atomic E-state index is -0.148. The van der Waals surface area contributed by atoms with Crippen LogP contribution in [-0.4, -0.2) is 45.4 Å². The second kappa shape index (κ2) is 10.5. The van der Waals surface area contributed by atoms with E-state index in [1.165, 1.54) is 11.8 Å². The van der Waals surface area contributed by atoms with Crippen LogP contribution in [0.4, 0.5) is 0 Å². The Morgan fingerprint density at radius 1 is 1.10 bits per heavy atom. The number of benzene rings is 2. The molecule has 0 bridgehead atoms. The van der Waals surface area contributed by atoms with Crippen LogP contribution in [0.15, 0.2) is 53.7 Å². The first-order valence-electron chi connectivity index (χ1n) is 9.81. The molecule has 3 aromatic rings. The molecule has 0 aliphatic rings. The van der Waals surface area contributed by atoms with Crippen molar-refractivity contribution in [2.45, 2.75) is 31.1 Å². The van der Waals surface area contributed by atoms with Crippen LogP contribution in [0.5, 0.6) is 0 Å². The van der Waals surface area contributed by atoms with Gasteiger partial charge in [-0.15, -0.1) is 10.2 Å². The first kappa shape index (κ1) is 23.6. The molecule has 0 spiro atoms. The number of carbonyl (C=O) groups is 1. The number of amides is 1. The van der Waals surface area contributed by atoms with Crippen LogP contribution in [0.3, 0.4) is 0 Å². The normalized spacial score (nSPS) is 13.3. The van der Waals surface area contributed by atoms with E-state index in [-0.39, 0.29) is 23.7 Å². The largest absolute Gasteiger partial charge is 0.349 e. The van der Waals surface area contributed by atoms with Crippen molar-refractivity contribution in [3.63, 3.8) is 0 Å². The van der Waals surface area contributed by atoms with Gasteiger partial charge in [-0.3, -0.25) is 14.3 Å². The maximum atomic E-state index is 12.6. The summed E-state index contributed by atoms with van der Waals surface area (Å²) in [5.74, 6) is 0.917. The molecule has 2 unspecified atom stereocenters. The molecule has 0 aliphatic carbocycles. The molecule has 0 saturated carbocycles. The number of thioether (sulfide) groups is 1. The lowest BCUT2D eigenvalue weighted by molar-refractivity contribution is -0.119. The second-order valence-electron chi connectivity index (χ2n) is 7.43. The number of rotatable bonds is 8. The Labute approximate surface area is 196 Å². The number of carbonyl (C=O) groups excluding carboxylic acids is 1. The van der Waals surface area contributed by atoms with Gasteiger partial charge in [-0.1, -0.05) is 47.1 Å². The highest BCUT2D eigenvalue weighted by molar-refractivity contribution is 7.99. The predicted molar refractivity (Wildman–Crippen MR) is 127 cm³/mol. The van der Waals surface area contributed by atoms with Crippen molar-refractivity contribution in [2.75, 3.05) is 19.8 Å². The summed E-state index contributed by atoms with van der Waals surface area (Å²) in [7, 11) is 3.98. The summed E-state index contributed by atoms with van der Waals surface area (Å²) in [4.78, 5) is 14.6. The van der Waals surface area contributed by atoms with Crippen LogP contribution in [0, 0.1) is 0 Å². The molecule has 0 fully saturated rings. The molecule has 31 heavy (non-hydrogen) atoms. The molecular weight excluding hydrogens is 453 g/mol. The lowest BCUT2D eigenvalue weighted by atomic mass is 10.1. The van der Waals surface area contributed by atoms with Gasteiger partial charge in [-0.2, -0.15) is 0 Å². The minimum Gasteiger partial charge on any atom is -0.349 e. The molecule has 9 heteroatoms. The standard InChI is InChI=1S/C22H25Cl2N5OS/c1-14(16-6-5-7-18(24)12-16)25-20(30)13-31-22-27-26-21(15(2)28(3)4)29(22)19-10-8-17(23)9-11-19/h5-12,14-15H,13H2,1-4H3,(H,25,30). The Hall–Kier alpha value is -2.06. The number of hydrogen-bond donors (Lipinski definition) is 1. The fourth-order valence-corrected chi connectivity index (χ4v) is 4.08. The van der Waals surface area contributed by atoms with Crippen molar-refractivity contribution in [1.29, 1.82) is 0 Å². The van der Waals surface area contributed by atoms with Gasteiger partial charge in [-0.05, 0) is 69.9 Å². The van der Waals surface area contributed by atoms with Crippen LogP contribution in [0.25, 0.3) is 5.69 Å². The van der Waals surface area contributed by atoms with E-state index in [9.17, 15) is 4.79 Å². The second-order valence-corrected chi connectivity index (χ2v) is 9.24. The van der Waals surface area contributed by atoms with E-state index >= 15 is 0 Å². The van der Waals surface area contributed by atoms with Gasteiger partial charge in [0.05, 0.1) is 17.8 Å². The first-order valence-corrected chi connectivity index (χ1v) is 11.6. The number of aromatic nitrogens is 3. The van der Waals surface area contributed by atoms with E-state index in [4.69, 9.17) is 23.2 Å². The van der Waals surface area contributed by atoms with Crippen LogP contribution >= 0.6 is 35.0 Å². The zero-order valence-electron chi connectivity index (χ0n) is 17.8. The number of nitrogens with zero attached hydrogens (tertiary/aromatic N) is 4. The summed E-state index contributed by atoms with van der Waals surface area (Å²) < 4.78 is 1.97. The fourth-order valence-electron chi connectivity index (χ4n) is 2.98. The summed E-state index contributed by atoms with van der Waals surface area (Å²) in [6.07, 6.45) is 0. The SMILES string of the molecule is CC(NC(=O)CSc1nnc(C(C)N(C)C)n1-c1ccc(Cl)cc1)c1cccc(Cl)c1. The maximum Gasteiger partial charge on any atom is 0.230 e. The van der Waals surface area contributed by atoms with E-state index < -0.39 is 0 Å². The van der Waals surface area contributed by atoms with Crippen LogP contribution in [0.1, 0.15) is 37.3 Å². The monoisotopic (exact) mass is 477 g/mol. The Bertz CT molecular complexity index is 1040. The molecule has 0 aliphatic heterocycles. The van der Waals surface area contributed by atoms with Crippen LogP contribution in [0.2, 0.25) is 10.0 Å². The summed E-state index contributed by atoms with van der Waals surface area (Å²) in [5, 5.41) is 13.7. The number of hydrogen-bond acceptors (Lipinski definition) is 5. The van der Waals surface area contributed by atoms with Crippen LogP contribution < -0.4 is 5.32 Å². The quantitative estimate of drug-likeness (QED) is 0.453. The van der Waals surface area contributed by atoms with Gasteiger partial charge >= 0.3 is 0 Å². The Morgan fingerprint density at radius 2 is 1.81 bits per heavy atom. The van der Waals surface area contributed by atoms with Crippen molar-refractivity contribution in [2.24, 2.45) is 0 Å². The highest BCUT2D eigenvalue weighted by Gasteiger charge is 2.22. The molecule has 2 atom stereocenters. The Morgan fingerprint density at radius 3 is 2.45 bits per heavy atom. The van der Waals surface area contributed by atoms with Crippen molar-refractivity contribution >= 4 is 40.9 Å². The summed E-state index contributed by atoms with van der Waals surface area (Å²) >= 11 is 13.5. The van der Waals surface area contributed by atoms with Crippen molar-refractivity contribution in [3.05, 3.63) is 70.0 Å². The van der Waals surface area contributed by atoms with E-state index in [1.807, 2.05) is 74.1 Å². The molecule has 6 nitrogen and oxygen atoms in total. The van der Waals surface area contributed by atoms with E-state index in [2.05, 4.69) is 27.3 Å². The summed E-state index contributed by atoms with van der Waals surface area (Å²) in [6.45, 7) is 3.99. The molecular formula is C22H25Cl2N5OS. The van der Waals surface area contributed by atoms with Crippen LogP contribution in [-0.2, 0) is 4.79 Å². The minimum absolute atomic E-state index is 0.0363. The number of nitrogens with one attached hydrogen (secondary N) is 1. The van der Waals surface area contributed by atoms with E-state index in [1.54, 1.807) is 0 Å². The average Bonchev–Trinajstić information content (AvgIpc) is 3.16. The van der Waals surface area contributed by atoms with Gasteiger partial charge in [0.1, 0.15) is 0 Å². The Kier molecular flexibility index (Phi) is 8.00. The molecule has 1 N–H and O–H groups in total. The fraction of sp³-hybridized carbons (Fsp3) is 0.318. The van der Waals surface area contributed by atoms with E-state index in [0.29, 0.717) is 15.2 Å². The molecule has 1 heterocycles. The molecule has 164 valence electrons. The predicted octanol–water partition coefficient (Wildman–Crippen LogP) is 5.17.